The van der Waals surface area contributed by atoms with Gasteiger partial charge < -0.3 is 14.6 Å². The molecule has 2 atom stereocenters. The maximum Gasteiger partial charge on any atom is 0.217 e. The first-order valence-corrected chi connectivity index (χ1v) is 7.41. The maximum atomic E-state index is 11.5. The lowest BCUT2D eigenvalue weighted by molar-refractivity contribution is -0.119. The number of aromatic nitrogens is 2. The fraction of sp³-hybridized carbons (Fsp3) is 0.438. The number of furan rings is 1. The number of hydrogen-bond donors (Lipinski definition) is 1. The van der Waals surface area contributed by atoms with Gasteiger partial charge in [-0.2, -0.15) is 5.10 Å². The van der Waals surface area contributed by atoms with E-state index in [1.165, 1.54) is 0 Å². The lowest BCUT2D eigenvalue weighted by atomic mass is 10.0. The number of rotatable bonds is 3. The smallest absolute Gasteiger partial charge is 0.217 e. The second-order valence-electron chi connectivity index (χ2n) is 5.80. The van der Waals surface area contributed by atoms with Crippen LogP contribution in [0, 0.1) is 13.8 Å². The minimum Gasteiger partial charge on any atom is -0.466 e. The third kappa shape index (κ3) is 2.95. The van der Waals surface area contributed by atoms with Crippen molar-refractivity contribution in [1.82, 2.24) is 15.5 Å². The average Bonchev–Trinajstić information content (AvgIpc) is 3.05. The Morgan fingerprint density at radius 1 is 1.23 bits per heavy atom. The molecule has 22 heavy (non-hydrogen) atoms. The van der Waals surface area contributed by atoms with E-state index in [0.717, 1.165) is 29.6 Å². The fourth-order valence-electron chi connectivity index (χ4n) is 2.90. The quantitative estimate of drug-likeness (QED) is 0.936. The predicted octanol–water partition coefficient (Wildman–Crippen LogP) is 1.79. The highest BCUT2D eigenvalue weighted by Crippen LogP contribution is 2.31. The zero-order chi connectivity index (χ0) is 15.7. The van der Waals surface area contributed by atoms with E-state index in [4.69, 9.17) is 4.42 Å². The molecule has 6 heteroatoms. The summed E-state index contributed by atoms with van der Waals surface area (Å²) in [6, 6.07) is 7.85. The largest absolute Gasteiger partial charge is 0.466 e. The topological polar surface area (TPSA) is 71.3 Å². The predicted molar refractivity (Wildman–Crippen MR) is 82.8 cm³/mol. The van der Waals surface area contributed by atoms with E-state index in [1.54, 1.807) is 6.92 Å². The SMILES string of the molecule is CC(=O)N[C@@H]1CN(c2ccc(C)nn2)C[C@H]1c1ccc(C)o1. The summed E-state index contributed by atoms with van der Waals surface area (Å²) < 4.78 is 5.77. The first kappa shape index (κ1) is 14.6. The minimum atomic E-state index is -0.0323. The highest BCUT2D eigenvalue weighted by molar-refractivity contribution is 5.73. The molecule has 1 aliphatic rings. The van der Waals surface area contributed by atoms with Gasteiger partial charge in [-0.05, 0) is 38.1 Å². The molecule has 6 nitrogen and oxygen atoms in total. The van der Waals surface area contributed by atoms with Gasteiger partial charge in [-0.3, -0.25) is 4.79 Å². The van der Waals surface area contributed by atoms with Crippen molar-refractivity contribution < 1.29 is 9.21 Å². The third-order valence-corrected chi connectivity index (χ3v) is 3.94. The lowest BCUT2D eigenvalue weighted by Gasteiger charge is -2.17. The van der Waals surface area contributed by atoms with Crippen molar-refractivity contribution in [1.29, 1.82) is 0 Å². The summed E-state index contributed by atoms with van der Waals surface area (Å²) >= 11 is 0. The molecule has 2 aromatic rings. The molecule has 0 spiro atoms. The number of amides is 1. The van der Waals surface area contributed by atoms with Gasteiger partial charge in [-0.25, -0.2) is 0 Å². The molecular formula is C16H20N4O2. The second-order valence-corrected chi connectivity index (χ2v) is 5.80. The summed E-state index contributed by atoms with van der Waals surface area (Å²) in [7, 11) is 0. The monoisotopic (exact) mass is 300 g/mol. The molecule has 3 rings (SSSR count). The van der Waals surface area contributed by atoms with Crippen molar-refractivity contribution in [2.75, 3.05) is 18.0 Å². The molecule has 1 fully saturated rings. The number of nitrogens with zero attached hydrogens (tertiary/aromatic N) is 3. The van der Waals surface area contributed by atoms with E-state index in [2.05, 4.69) is 20.4 Å². The number of hydrogen-bond acceptors (Lipinski definition) is 5. The van der Waals surface area contributed by atoms with E-state index in [1.807, 2.05) is 38.1 Å². The Morgan fingerprint density at radius 3 is 2.64 bits per heavy atom. The number of anilines is 1. The first-order chi connectivity index (χ1) is 10.5. The Morgan fingerprint density at radius 2 is 2.05 bits per heavy atom. The van der Waals surface area contributed by atoms with Gasteiger partial charge in [0.05, 0.1) is 17.7 Å². The molecule has 116 valence electrons. The van der Waals surface area contributed by atoms with Gasteiger partial charge >= 0.3 is 0 Å². The molecule has 1 N–H and O–H groups in total. The van der Waals surface area contributed by atoms with Crippen molar-refractivity contribution in [2.24, 2.45) is 0 Å². The van der Waals surface area contributed by atoms with Crippen LogP contribution in [0.1, 0.15) is 30.1 Å². The standard InChI is InChI=1S/C16H20N4O2/c1-10-4-7-16(19-18-10)20-8-13(14(9-20)17-12(3)21)15-6-5-11(2)22-15/h4-7,13-14H,8-9H2,1-3H3,(H,17,21)/t13-,14-/m1/s1. The number of carbonyl (C=O) groups excluding carboxylic acids is 1. The Kier molecular flexibility index (Phi) is 3.83. The molecule has 0 aromatic carbocycles. The zero-order valence-electron chi connectivity index (χ0n) is 13.0. The van der Waals surface area contributed by atoms with Crippen LogP contribution in [0.4, 0.5) is 5.82 Å². The Bertz CT molecular complexity index is 665. The Labute approximate surface area is 129 Å². The van der Waals surface area contributed by atoms with Crippen molar-refractivity contribution >= 4 is 11.7 Å². The van der Waals surface area contributed by atoms with Gasteiger partial charge in [-0.1, -0.05) is 0 Å². The van der Waals surface area contributed by atoms with Gasteiger partial charge in [0, 0.05) is 20.0 Å². The van der Waals surface area contributed by atoms with E-state index in [-0.39, 0.29) is 17.9 Å². The molecule has 1 aliphatic heterocycles. The van der Waals surface area contributed by atoms with Crippen LogP contribution >= 0.6 is 0 Å². The number of nitrogens with one attached hydrogen (secondary N) is 1. The van der Waals surface area contributed by atoms with Crippen molar-refractivity contribution in [3.8, 4) is 0 Å². The van der Waals surface area contributed by atoms with Crippen LogP contribution in [0.2, 0.25) is 0 Å². The third-order valence-electron chi connectivity index (χ3n) is 3.94. The van der Waals surface area contributed by atoms with Crippen LogP contribution in [0.3, 0.4) is 0 Å². The maximum absolute atomic E-state index is 11.5. The summed E-state index contributed by atoms with van der Waals surface area (Å²) in [5.74, 6) is 2.69. The van der Waals surface area contributed by atoms with Gasteiger partial charge in [-0.15, -0.1) is 5.10 Å². The van der Waals surface area contributed by atoms with Crippen molar-refractivity contribution in [3.05, 3.63) is 41.5 Å². The normalized spacial score (nSPS) is 21.1. The Balaban J connectivity index is 1.84. The number of aryl methyl sites for hydroxylation is 2. The average molecular weight is 300 g/mol. The van der Waals surface area contributed by atoms with E-state index in [9.17, 15) is 4.79 Å². The molecule has 1 saturated heterocycles. The van der Waals surface area contributed by atoms with Crippen LogP contribution in [0.25, 0.3) is 0 Å². The summed E-state index contributed by atoms with van der Waals surface area (Å²) in [6.45, 7) is 6.82. The van der Waals surface area contributed by atoms with Gasteiger partial charge in [0.15, 0.2) is 5.82 Å². The molecule has 0 radical (unpaired) electrons. The van der Waals surface area contributed by atoms with Crippen molar-refractivity contribution in [3.63, 3.8) is 0 Å². The molecular weight excluding hydrogens is 280 g/mol. The van der Waals surface area contributed by atoms with Crippen LogP contribution < -0.4 is 10.2 Å². The van der Waals surface area contributed by atoms with Crippen LogP contribution in [-0.4, -0.2) is 35.2 Å². The van der Waals surface area contributed by atoms with Crippen molar-refractivity contribution in [2.45, 2.75) is 32.7 Å². The molecule has 0 saturated carbocycles. The zero-order valence-corrected chi connectivity index (χ0v) is 13.0. The lowest BCUT2D eigenvalue weighted by Crippen LogP contribution is -2.38. The van der Waals surface area contributed by atoms with E-state index < -0.39 is 0 Å². The first-order valence-electron chi connectivity index (χ1n) is 7.41. The molecule has 0 unspecified atom stereocenters. The summed E-state index contributed by atoms with van der Waals surface area (Å²) in [4.78, 5) is 13.6. The van der Waals surface area contributed by atoms with E-state index in [0.29, 0.717) is 6.54 Å². The minimum absolute atomic E-state index is 0.00570. The van der Waals surface area contributed by atoms with Gasteiger partial charge in [0.25, 0.3) is 0 Å². The number of carbonyl (C=O) groups is 1. The molecule has 0 aliphatic carbocycles. The van der Waals surface area contributed by atoms with Gasteiger partial charge in [0.1, 0.15) is 11.5 Å². The fourth-order valence-corrected chi connectivity index (χ4v) is 2.90. The van der Waals surface area contributed by atoms with E-state index >= 15 is 0 Å². The second kappa shape index (κ2) is 5.79. The summed E-state index contributed by atoms with van der Waals surface area (Å²) in [5.41, 5.74) is 0.888. The summed E-state index contributed by atoms with van der Waals surface area (Å²) in [6.07, 6.45) is 0. The highest BCUT2D eigenvalue weighted by Gasteiger charge is 2.37. The Hall–Kier alpha value is -2.37. The summed E-state index contributed by atoms with van der Waals surface area (Å²) in [5, 5.41) is 11.4. The van der Waals surface area contributed by atoms with Crippen LogP contribution in [-0.2, 0) is 4.79 Å². The highest BCUT2D eigenvalue weighted by atomic mass is 16.3. The molecule has 1 amide bonds. The van der Waals surface area contributed by atoms with Crippen LogP contribution in [0.5, 0.6) is 0 Å². The van der Waals surface area contributed by atoms with Gasteiger partial charge in [0.2, 0.25) is 5.91 Å². The molecule has 3 heterocycles. The molecule has 0 bridgehead atoms. The molecule has 2 aromatic heterocycles. The van der Waals surface area contributed by atoms with Crippen LogP contribution in [0.15, 0.2) is 28.7 Å².